The number of para-hydroxylation sites is 1. The lowest BCUT2D eigenvalue weighted by atomic mass is 9.90. The molecule has 0 fully saturated rings. The summed E-state index contributed by atoms with van der Waals surface area (Å²) in [4.78, 5) is 24.7. The Hall–Kier alpha value is -2.83. The van der Waals surface area contributed by atoms with Crippen LogP contribution in [-0.4, -0.2) is 11.8 Å². The second kappa shape index (κ2) is 6.96. The molecular weight excluding hydrogens is 333 g/mol. The van der Waals surface area contributed by atoms with Gasteiger partial charge in [0.25, 0.3) is 0 Å². The molecule has 2 rings (SSSR count). The average molecular weight is 350 g/mol. The maximum absolute atomic E-state index is 12.5. The van der Waals surface area contributed by atoms with Crippen molar-refractivity contribution >= 4 is 23.2 Å². The van der Waals surface area contributed by atoms with Crippen LogP contribution in [0.1, 0.15) is 19.4 Å². The Labute approximate surface area is 143 Å². The SMILES string of the molecule is CC(C)(C(=O)Nc1ccccc1)C(=O)Nc1ccc(C(F)(F)F)cc1. The van der Waals surface area contributed by atoms with Gasteiger partial charge in [0.2, 0.25) is 11.8 Å². The smallest absolute Gasteiger partial charge is 0.325 e. The number of halogens is 3. The Bertz CT molecular complexity index is 754. The Balaban J connectivity index is 2.06. The predicted molar refractivity (Wildman–Crippen MR) is 88.9 cm³/mol. The maximum Gasteiger partial charge on any atom is 0.416 e. The third kappa shape index (κ3) is 4.59. The van der Waals surface area contributed by atoms with Crippen molar-refractivity contribution in [1.29, 1.82) is 0 Å². The van der Waals surface area contributed by atoms with Crippen molar-refractivity contribution < 1.29 is 22.8 Å². The van der Waals surface area contributed by atoms with Crippen LogP contribution >= 0.6 is 0 Å². The van der Waals surface area contributed by atoms with Gasteiger partial charge in [-0.1, -0.05) is 18.2 Å². The Kier molecular flexibility index (Phi) is 5.15. The van der Waals surface area contributed by atoms with Crippen LogP contribution in [-0.2, 0) is 15.8 Å². The molecule has 25 heavy (non-hydrogen) atoms. The van der Waals surface area contributed by atoms with Crippen LogP contribution in [0.5, 0.6) is 0 Å². The highest BCUT2D eigenvalue weighted by Crippen LogP contribution is 2.30. The standard InChI is InChI=1S/C18H17F3N2O2/c1-17(2,15(24)22-13-6-4-3-5-7-13)16(25)23-14-10-8-12(9-11-14)18(19,20)21/h3-11H,1-2H3,(H,22,24)(H,23,25). The number of hydrogen-bond acceptors (Lipinski definition) is 2. The van der Waals surface area contributed by atoms with Crippen LogP contribution in [0.3, 0.4) is 0 Å². The van der Waals surface area contributed by atoms with E-state index in [2.05, 4.69) is 10.6 Å². The molecule has 0 atom stereocenters. The third-order valence-corrected chi connectivity index (χ3v) is 3.64. The lowest BCUT2D eigenvalue weighted by molar-refractivity contribution is -0.137. The van der Waals surface area contributed by atoms with Crippen LogP contribution < -0.4 is 10.6 Å². The van der Waals surface area contributed by atoms with E-state index >= 15 is 0 Å². The van der Waals surface area contributed by atoms with Gasteiger partial charge in [-0.25, -0.2) is 0 Å². The summed E-state index contributed by atoms with van der Waals surface area (Å²) >= 11 is 0. The fraction of sp³-hybridized carbons (Fsp3) is 0.222. The predicted octanol–water partition coefficient (Wildman–Crippen LogP) is 4.31. The summed E-state index contributed by atoms with van der Waals surface area (Å²) in [6.07, 6.45) is -4.45. The molecule has 132 valence electrons. The van der Waals surface area contributed by atoms with Crippen molar-refractivity contribution in [2.45, 2.75) is 20.0 Å². The first-order chi connectivity index (χ1) is 11.6. The first-order valence-corrected chi connectivity index (χ1v) is 7.46. The van der Waals surface area contributed by atoms with Crippen molar-refractivity contribution in [3.63, 3.8) is 0 Å². The summed E-state index contributed by atoms with van der Waals surface area (Å²) in [5.41, 5.74) is -1.51. The largest absolute Gasteiger partial charge is 0.416 e. The number of hydrogen-bond donors (Lipinski definition) is 2. The molecule has 2 aromatic carbocycles. The zero-order chi connectivity index (χ0) is 18.7. The van der Waals surface area contributed by atoms with E-state index in [-0.39, 0.29) is 5.69 Å². The molecule has 7 heteroatoms. The highest BCUT2D eigenvalue weighted by molar-refractivity contribution is 6.13. The molecule has 0 saturated carbocycles. The summed E-state index contributed by atoms with van der Waals surface area (Å²) < 4.78 is 37.6. The normalized spacial score (nSPS) is 11.7. The topological polar surface area (TPSA) is 58.2 Å². The number of carbonyl (C=O) groups excluding carboxylic acids is 2. The van der Waals surface area contributed by atoms with E-state index in [1.54, 1.807) is 30.3 Å². The number of amides is 2. The van der Waals surface area contributed by atoms with Gasteiger partial charge in [0.15, 0.2) is 0 Å². The zero-order valence-corrected chi connectivity index (χ0v) is 13.6. The first-order valence-electron chi connectivity index (χ1n) is 7.46. The molecular formula is C18H17F3N2O2. The highest BCUT2D eigenvalue weighted by atomic mass is 19.4. The number of benzene rings is 2. The van der Waals surface area contributed by atoms with Gasteiger partial charge < -0.3 is 10.6 Å². The highest BCUT2D eigenvalue weighted by Gasteiger charge is 2.36. The van der Waals surface area contributed by atoms with Crippen molar-refractivity contribution in [2.24, 2.45) is 5.41 Å². The third-order valence-electron chi connectivity index (χ3n) is 3.64. The van der Waals surface area contributed by atoms with E-state index in [4.69, 9.17) is 0 Å². The maximum atomic E-state index is 12.5. The number of alkyl halides is 3. The van der Waals surface area contributed by atoms with E-state index in [0.29, 0.717) is 5.69 Å². The Morgan fingerprint density at radius 1 is 0.760 bits per heavy atom. The van der Waals surface area contributed by atoms with Crippen LogP contribution in [0.25, 0.3) is 0 Å². The Morgan fingerprint density at radius 3 is 1.64 bits per heavy atom. The van der Waals surface area contributed by atoms with E-state index in [1.807, 2.05) is 0 Å². The fourth-order valence-electron chi connectivity index (χ4n) is 1.94. The van der Waals surface area contributed by atoms with Gasteiger partial charge in [0.05, 0.1) is 5.56 Å². The van der Waals surface area contributed by atoms with Gasteiger partial charge in [-0.05, 0) is 50.2 Å². The van der Waals surface area contributed by atoms with E-state index in [0.717, 1.165) is 24.3 Å². The molecule has 0 aliphatic rings. The van der Waals surface area contributed by atoms with Crippen molar-refractivity contribution in [3.8, 4) is 0 Å². The minimum Gasteiger partial charge on any atom is -0.325 e. The first kappa shape index (κ1) is 18.5. The summed E-state index contributed by atoms with van der Waals surface area (Å²) in [6, 6.07) is 12.7. The van der Waals surface area contributed by atoms with Gasteiger partial charge in [-0.3, -0.25) is 9.59 Å². The van der Waals surface area contributed by atoms with E-state index in [9.17, 15) is 22.8 Å². The minimum absolute atomic E-state index is 0.179. The van der Waals surface area contributed by atoms with Gasteiger partial charge in [0.1, 0.15) is 5.41 Å². The van der Waals surface area contributed by atoms with Crippen LogP contribution in [0.2, 0.25) is 0 Å². The molecule has 2 aromatic rings. The summed E-state index contributed by atoms with van der Waals surface area (Å²) in [5.74, 6) is -1.15. The quantitative estimate of drug-likeness (QED) is 0.808. The molecule has 4 nitrogen and oxygen atoms in total. The molecule has 0 heterocycles. The van der Waals surface area contributed by atoms with Gasteiger partial charge >= 0.3 is 6.18 Å². The molecule has 0 saturated heterocycles. The molecule has 2 amide bonds. The molecule has 0 aliphatic heterocycles. The molecule has 2 N–H and O–H groups in total. The minimum atomic E-state index is -4.45. The van der Waals surface area contributed by atoms with Crippen LogP contribution in [0, 0.1) is 5.41 Å². The summed E-state index contributed by atoms with van der Waals surface area (Å²) in [7, 11) is 0. The van der Waals surface area contributed by atoms with Crippen molar-refractivity contribution in [1.82, 2.24) is 0 Å². The summed E-state index contributed by atoms with van der Waals surface area (Å²) in [6.45, 7) is 2.87. The van der Waals surface area contributed by atoms with E-state index < -0.39 is 29.0 Å². The van der Waals surface area contributed by atoms with Gasteiger partial charge in [-0.2, -0.15) is 13.2 Å². The van der Waals surface area contributed by atoms with Crippen LogP contribution in [0.15, 0.2) is 54.6 Å². The Morgan fingerprint density at radius 2 is 1.20 bits per heavy atom. The molecule has 0 unspecified atom stereocenters. The number of nitrogens with one attached hydrogen (secondary N) is 2. The second-order valence-corrected chi connectivity index (χ2v) is 5.97. The number of carbonyl (C=O) groups is 2. The molecule has 0 aromatic heterocycles. The average Bonchev–Trinajstić information content (AvgIpc) is 2.55. The van der Waals surface area contributed by atoms with Crippen molar-refractivity contribution in [3.05, 3.63) is 60.2 Å². The fourth-order valence-corrected chi connectivity index (χ4v) is 1.94. The zero-order valence-electron chi connectivity index (χ0n) is 13.6. The summed E-state index contributed by atoms with van der Waals surface area (Å²) in [5, 5.41) is 5.09. The molecule has 0 spiro atoms. The lowest BCUT2D eigenvalue weighted by Gasteiger charge is -2.23. The van der Waals surface area contributed by atoms with Gasteiger partial charge in [-0.15, -0.1) is 0 Å². The molecule has 0 radical (unpaired) electrons. The number of rotatable bonds is 4. The molecule has 0 aliphatic carbocycles. The monoisotopic (exact) mass is 350 g/mol. The van der Waals surface area contributed by atoms with Crippen molar-refractivity contribution in [2.75, 3.05) is 10.6 Å². The van der Waals surface area contributed by atoms with E-state index in [1.165, 1.54) is 13.8 Å². The van der Waals surface area contributed by atoms with Gasteiger partial charge in [0, 0.05) is 11.4 Å². The van der Waals surface area contributed by atoms with Crippen LogP contribution in [0.4, 0.5) is 24.5 Å². The molecule has 0 bridgehead atoms. The number of anilines is 2. The second-order valence-electron chi connectivity index (χ2n) is 5.97. The lowest BCUT2D eigenvalue weighted by Crippen LogP contribution is -2.41.